The minimum absolute atomic E-state index is 0.0255. The Morgan fingerprint density at radius 1 is 1.50 bits per heavy atom. The molecule has 0 amide bonds. The number of esters is 2. The van der Waals surface area contributed by atoms with E-state index in [2.05, 4.69) is 11.3 Å². The number of aliphatic hydroxyl groups is 1. The first kappa shape index (κ1) is 14.5. The summed E-state index contributed by atoms with van der Waals surface area (Å²) in [4.78, 5) is 20.6. The number of hydrogen-bond acceptors (Lipinski definition) is 5. The minimum atomic E-state index is -0.757. The molecular weight excluding hydrogens is 212 g/mol. The summed E-state index contributed by atoms with van der Waals surface area (Å²) in [6.07, 6.45) is 3.83. The zero-order chi connectivity index (χ0) is 12.4. The Hall–Kier alpha value is -1.52. The number of ether oxygens (including phenoxy) is 2. The lowest BCUT2D eigenvalue weighted by atomic mass is 10.2. The van der Waals surface area contributed by atoms with Crippen LogP contribution in [-0.4, -0.2) is 30.3 Å². The molecule has 0 unspecified atom stereocenters. The van der Waals surface area contributed by atoms with Crippen LogP contribution in [0.15, 0.2) is 12.3 Å². The van der Waals surface area contributed by atoms with Gasteiger partial charge < -0.3 is 14.6 Å². The molecule has 1 aliphatic rings. The first-order valence-electron chi connectivity index (χ1n) is 5.28. The molecule has 0 bridgehead atoms. The van der Waals surface area contributed by atoms with Crippen LogP contribution in [0.1, 0.15) is 32.6 Å². The molecule has 5 heteroatoms. The van der Waals surface area contributed by atoms with E-state index < -0.39 is 11.7 Å². The van der Waals surface area contributed by atoms with E-state index in [9.17, 15) is 9.59 Å². The Labute approximate surface area is 95.0 Å². The monoisotopic (exact) mass is 230 g/mol. The van der Waals surface area contributed by atoms with Crippen molar-refractivity contribution in [2.24, 2.45) is 0 Å². The van der Waals surface area contributed by atoms with Crippen LogP contribution in [0.5, 0.6) is 0 Å². The third-order valence-corrected chi connectivity index (χ3v) is 1.80. The van der Waals surface area contributed by atoms with Crippen molar-refractivity contribution >= 4 is 11.9 Å². The van der Waals surface area contributed by atoms with Crippen molar-refractivity contribution in [2.45, 2.75) is 32.6 Å². The summed E-state index contributed by atoms with van der Waals surface area (Å²) >= 11 is 0. The van der Waals surface area contributed by atoms with Gasteiger partial charge in [0.25, 0.3) is 0 Å². The summed E-state index contributed by atoms with van der Waals surface area (Å²) in [6.45, 7) is 5.51. The molecule has 0 spiro atoms. The van der Waals surface area contributed by atoms with Crippen molar-refractivity contribution in [3.63, 3.8) is 0 Å². The number of carbonyl (C=O) groups excluding carboxylic acids is 2. The number of hydrogen-bond donors (Lipinski definition) is 1. The van der Waals surface area contributed by atoms with E-state index >= 15 is 0 Å². The molecule has 1 heterocycles. The van der Waals surface area contributed by atoms with Gasteiger partial charge in [-0.1, -0.05) is 0 Å². The fourth-order valence-corrected chi connectivity index (χ4v) is 1.02. The second kappa shape index (κ2) is 8.76. The normalized spacial score (nSPS) is 14.9. The molecule has 1 aliphatic heterocycles. The SMILES string of the molecule is C=C(O)C(=O)OCC.O=C1CCCCCO1. The molecule has 0 aliphatic carbocycles. The molecule has 1 N–H and O–H groups in total. The lowest BCUT2D eigenvalue weighted by Crippen LogP contribution is -2.05. The van der Waals surface area contributed by atoms with Gasteiger partial charge in [-0.2, -0.15) is 0 Å². The average molecular weight is 230 g/mol. The quantitative estimate of drug-likeness (QED) is 0.444. The Bertz CT molecular complexity index is 237. The molecule has 0 aromatic heterocycles. The fraction of sp³-hybridized carbons (Fsp3) is 0.636. The molecule has 0 aromatic rings. The van der Waals surface area contributed by atoms with Gasteiger partial charge in [-0.05, 0) is 32.8 Å². The average Bonchev–Trinajstić information content (AvgIpc) is 2.47. The van der Waals surface area contributed by atoms with Crippen molar-refractivity contribution in [1.29, 1.82) is 0 Å². The zero-order valence-electron chi connectivity index (χ0n) is 9.53. The maximum absolute atomic E-state index is 10.5. The fourth-order valence-electron chi connectivity index (χ4n) is 1.02. The topological polar surface area (TPSA) is 72.8 Å². The molecular formula is C11H18O5. The van der Waals surface area contributed by atoms with Crippen LogP contribution in [0.2, 0.25) is 0 Å². The van der Waals surface area contributed by atoms with Gasteiger partial charge in [0.05, 0.1) is 13.2 Å². The van der Waals surface area contributed by atoms with Crippen LogP contribution in [0.3, 0.4) is 0 Å². The lowest BCUT2D eigenvalue weighted by Gasteiger charge is -1.95. The second-order valence-electron chi connectivity index (χ2n) is 3.20. The summed E-state index contributed by atoms with van der Waals surface area (Å²) in [6, 6.07) is 0. The van der Waals surface area contributed by atoms with Crippen LogP contribution < -0.4 is 0 Å². The Balaban J connectivity index is 0.000000281. The largest absolute Gasteiger partial charge is 0.502 e. The molecule has 16 heavy (non-hydrogen) atoms. The third-order valence-electron chi connectivity index (χ3n) is 1.80. The van der Waals surface area contributed by atoms with E-state index in [4.69, 9.17) is 9.84 Å². The summed E-state index contributed by atoms with van der Waals surface area (Å²) < 4.78 is 9.08. The summed E-state index contributed by atoms with van der Waals surface area (Å²) in [5, 5.41) is 8.28. The Morgan fingerprint density at radius 2 is 2.19 bits per heavy atom. The highest BCUT2D eigenvalue weighted by atomic mass is 16.5. The van der Waals surface area contributed by atoms with Crippen LogP contribution in [0, 0.1) is 0 Å². The highest BCUT2D eigenvalue weighted by Crippen LogP contribution is 2.06. The second-order valence-corrected chi connectivity index (χ2v) is 3.20. The van der Waals surface area contributed by atoms with E-state index in [1.165, 1.54) is 0 Å². The molecule has 0 atom stereocenters. The Morgan fingerprint density at radius 3 is 2.69 bits per heavy atom. The number of carbonyl (C=O) groups is 2. The van der Waals surface area contributed by atoms with Crippen molar-refractivity contribution in [2.75, 3.05) is 13.2 Å². The summed E-state index contributed by atoms with van der Waals surface area (Å²) in [5.74, 6) is -1.33. The number of aliphatic hydroxyl groups excluding tert-OH is 1. The van der Waals surface area contributed by atoms with E-state index in [1.807, 2.05) is 0 Å². The first-order valence-corrected chi connectivity index (χ1v) is 5.28. The standard InChI is InChI=1S/C6H10O2.C5H8O3/c7-6-4-2-1-3-5-8-6;1-3-8-5(7)4(2)6/h1-5H2;6H,2-3H2,1H3. The highest BCUT2D eigenvalue weighted by Gasteiger charge is 2.05. The molecule has 0 radical (unpaired) electrons. The van der Waals surface area contributed by atoms with Gasteiger partial charge in [0.2, 0.25) is 0 Å². The van der Waals surface area contributed by atoms with Crippen molar-refractivity contribution < 1.29 is 24.2 Å². The van der Waals surface area contributed by atoms with Gasteiger partial charge >= 0.3 is 11.9 Å². The number of rotatable bonds is 2. The van der Waals surface area contributed by atoms with Gasteiger partial charge in [0.1, 0.15) is 0 Å². The van der Waals surface area contributed by atoms with E-state index in [0.717, 1.165) is 19.3 Å². The smallest absolute Gasteiger partial charge is 0.372 e. The van der Waals surface area contributed by atoms with E-state index in [1.54, 1.807) is 6.92 Å². The maximum Gasteiger partial charge on any atom is 0.372 e. The predicted molar refractivity (Wildman–Crippen MR) is 57.8 cm³/mol. The molecule has 1 saturated heterocycles. The molecule has 1 rings (SSSR count). The van der Waals surface area contributed by atoms with Crippen LogP contribution >= 0.6 is 0 Å². The summed E-state index contributed by atoms with van der Waals surface area (Å²) in [7, 11) is 0. The van der Waals surface area contributed by atoms with Gasteiger partial charge in [0, 0.05) is 6.42 Å². The molecule has 0 aromatic carbocycles. The Kier molecular flexibility index (Phi) is 7.93. The zero-order valence-corrected chi connectivity index (χ0v) is 9.53. The van der Waals surface area contributed by atoms with Gasteiger partial charge in [0.15, 0.2) is 5.76 Å². The lowest BCUT2D eigenvalue weighted by molar-refractivity contribution is -0.143. The highest BCUT2D eigenvalue weighted by molar-refractivity contribution is 5.84. The van der Waals surface area contributed by atoms with Crippen molar-refractivity contribution in [3.05, 3.63) is 12.3 Å². The van der Waals surface area contributed by atoms with Crippen LogP contribution in [0.4, 0.5) is 0 Å². The maximum atomic E-state index is 10.5. The predicted octanol–water partition coefficient (Wildman–Crippen LogP) is 1.72. The minimum Gasteiger partial charge on any atom is -0.502 e. The van der Waals surface area contributed by atoms with Crippen LogP contribution in [-0.2, 0) is 19.1 Å². The van der Waals surface area contributed by atoms with Crippen molar-refractivity contribution in [3.8, 4) is 0 Å². The summed E-state index contributed by atoms with van der Waals surface area (Å²) in [5.41, 5.74) is 0. The van der Waals surface area contributed by atoms with E-state index in [0.29, 0.717) is 13.0 Å². The molecule has 5 nitrogen and oxygen atoms in total. The molecule has 1 fully saturated rings. The van der Waals surface area contributed by atoms with Gasteiger partial charge in [-0.3, -0.25) is 4.79 Å². The van der Waals surface area contributed by atoms with Gasteiger partial charge in [-0.25, -0.2) is 4.79 Å². The van der Waals surface area contributed by atoms with Crippen LogP contribution in [0.25, 0.3) is 0 Å². The first-order chi connectivity index (χ1) is 7.57. The third kappa shape index (κ3) is 7.84. The van der Waals surface area contributed by atoms with Gasteiger partial charge in [-0.15, -0.1) is 0 Å². The molecule has 0 saturated carbocycles. The molecule has 92 valence electrons. The van der Waals surface area contributed by atoms with Crippen molar-refractivity contribution in [1.82, 2.24) is 0 Å². The van der Waals surface area contributed by atoms with E-state index in [-0.39, 0.29) is 12.6 Å². The number of cyclic esters (lactones) is 1.